The van der Waals surface area contributed by atoms with Gasteiger partial charge in [-0.15, -0.1) is 11.8 Å². The minimum Gasteiger partial charge on any atom is -0.486 e. The van der Waals surface area contributed by atoms with Crippen molar-refractivity contribution in [3.63, 3.8) is 0 Å². The number of benzene rings is 1. The molecule has 1 aromatic carbocycles. The predicted octanol–water partition coefficient (Wildman–Crippen LogP) is 2.82. The molecular formula is C23H31N3O4S. The van der Waals surface area contributed by atoms with Crippen molar-refractivity contribution in [2.75, 3.05) is 20.2 Å². The van der Waals surface area contributed by atoms with Crippen LogP contribution in [0.5, 0.6) is 11.5 Å². The van der Waals surface area contributed by atoms with Crippen LogP contribution in [0.2, 0.25) is 0 Å². The molecule has 3 aliphatic heterocycles. The molecule has 0 aliphatic carbocycles. The topological polar surface area (TPSA) is 71.1 Å². The number of hydrogen-bond donors (Lipinski definition) is 1. The fourth-order valence-corrected chi connectivity index (χ4v) is 5.49. The highest BCUT2D eigenvalue weighted by Gasteiger charge is 2.39. The Morgan fingerprint density at radius 2 is 1.97 bits per heavy atom. The zero-order chi connectivity index (χ0) is 22.1. The lowest BCUT2D eigenvalue weighted by atomic mass is 10.0. The number of para-hydroxylation sites is 2. The molecule has 4 unspecified atom stereocenters. The van der Waals surface area contributed by atoms with E-state index >= 15 is 0 Å². The number of nitrogens with one attached hydrogen (secondary N) is 1. The summed E-state index contributed by atoms with van der Waals surface area (Å²) < 4.78 is 12.0. The molecule has 0 bridgehead atoms. The molecule has 7 nitrogen and oxygen atoms in total. The van der Waals surface area contributed by atoms with Crippen molar-refractivity contribution in [3.05, 3.63) is 35.4 Å². The van der Waals surface area contributed by atoms with Crippen molar-refractivity contribution >= 4 is 23.6 Å². The molecule has 168 valence electrons. The number of ether oxygens (including phenoxy) is 2. The average Bonchev–Trinajstić information content (AvgIpc) is 3.36. The number of carbonyl (C=O) groups is 2. The Bertz CT molecular complexity index is 874. The molecule has 0 radical (unpaired) electrons. The zero-order valence-electron chi connectivity index (χ0n) is 18.5. The lowest BCUT2D eigenvalue weighted by Gasteiger charge is -2.35. The molecule has 31 heavy (non-hydrogen) atoms. The third-order valence-corrected chi connectivity index (χ3v) is 7.48. The van der Waals surface area contributed by atoms with E-state index in [0.29, 0.717) is 12.3 Å². The van der Waals surface area contributed by atoms with E-state index in [1.807, 2.05) is 60.4 Å². The van der Waals surface area contributed by atoms with Crippen molar-refractivity contribution in [3.8, 4) is 11.5 Å². The molecule has 1 N–H and O–H groups in total. The van der Waals surface area contributed by atoms with Gasteiger partial charge in [0.25, 0.3) is 5.91 Å². The molecule has 4 rings (SSSR count). The van der Waals surface area contributed by atoms with Crippen LogP contribution >= 0.6 is 11.8 Å². The van der Waals surface area contributed by atoms with Gasteiger partial charge in [-0.05, 0) is 37.8 Å². The number of likely N-dealkylation sites (tertiary alicyclic amines) is 1. The van der Waals surface area contributed by atoms with Crippen LogP contribution in [0.4, 0.5) is 0 Å². The molecule has 0 aromatic heterocycles. The third kappa shape index (κ3) is 4.35. The van der Waals surface area contributed by atoms with Crippen LogP contribution in [0.25, 0.3) is 0 Å². The Kier molecular flexibility index (Phi) is 6.36. The summed E-state index contributed by atoms with van der Waals surface area (Å²) in [6.07, 6.45) is 1.83. The molecule has 3 aliphatic rings. The van der Waals surface area contributed by atoms with Gasteiger partial charge < -0.3 is 24.6 Å². The van der Waals surface area contributed by atoms with Crippen LogP contribution in [0.15, 0.2) is 35.4 Å². The molecule has 3 heterocycles. The van der Waals surface area contributed by atoms with Gasteiger partial charge in [-0.2, -0.15) is 0 Å². The number of thioether (sulfide) groups is 1. The maximum Gasteiger partial charge on any atom is 0.268 e. The number of likely N-dealkylation sites (N-methyl/N-ethyl adjacent to an activating group) is 1. The number of carbonyl (C=O) groups excluding carboxylic acids is 2. The van der Waals surface area contributed by atoms with E-state index in [9.17, 15) is 9.59 Å². The molecule has 4 atom stereocenters. The fraction of sp³-hybridized carbons (Fsp3) is 0.565. The summed E-state index contributed by atoms with van der Waals surface area (Å²) in [5.41, 5.74) is 0.547. The SMILES string of the molecule is CC(C)C(NC(=O)C1=CSC(C2COc3ccccc3O2)N1C)C(=O)N1CCCC1C. The summed E-state index contributed by atoms with van der Waals surface area (Å²) in [5.74, 6) is 1.25. The first kappa shape index (κ1) is 21.9. The molecule has 2 amide bonds. The number of amides is 2. The Hall–Kier alpha value is -2.35. The second-order valence-corrected chi connectivity index (χ2v) is 9.76. The summed E-state index contributed by atoms with van der Waals surface area (Å²) in [7, 11) is 1.88. The van der Waals surface area contributed by atoms with Gasteiger partial charge in [-0.1, -0.05) is 26.0 Å². The normalized spacial score (nSPS) is 26.1. The first-order chi connectivity index (χ1) is 14.9. The van der Waals surface area contributed by atoms with E-state index in [0.717, 1.165) is 30.9 Å². The number of rotatable bonds is 5. The maximum absolute atomic E-state index is 13.1. The van der Waals surface area contributed by atoms with Gasteiger partial charge in [0.2, 0.25) is 5.91 Å². The molecular weight excluding hydrogens is 414 g/mol. The van der Waals surface area contributed by atoms with Gasteiger partial charge in [0.1, 0.15) is 23.7 Å². The van der Waals surface area contributed by atoms with Gasteiger partial charge in [-0.3, -0.25) is 9.59 Å². The first-order valence-electron chi connectivity index (χ1n) is 10.9. The van der Waals surface area contributed by atoms with Gasteiger partial charge >= 0.3 is 0 Å². The average molecular weight is 446 g/mol. The molecule has 1 saturated heterocycles. The van der Waals surface area contributed by atoms with E-state index in [2.05, 4.69) is 12.2 Å². The lowest BCUT2D eigenvalue weighted by molar-refractivity contribution is -0.137. The van der Waals surface area contributed by atoms with Crippen molar-refractivity contribution in [1.29, 1.82) is 0 Å². The second kappa shape index (κ2) is 9.02. The monoisotopic (exact) mass is 445 g/mol. The smallest absolute Gasteiger partial charge is 0.268 e. The van der Waals surface area contributed by atoms with Crippen LogP contribution in [0.3, 0.4) is 0 Å². The lowest BCUT2D eigenvalue weighted by Crippen LogP contribution is -2.53. The van der Waals surface area contributed by atoms with Crippen LogP contribution in [-0.4, -0.2) is 65.4 Å². The Morgan fingerprint density at radius 3 is 2.65 bits per heavy atom. The molecule has 0 saturated carbocycles. The zero-order valence-corrected chi connectivity index (χ0v) is 19.4. The van der Waals surface area contributed by atoms with E-state index in [1.165, 1.54) is 0 Å². The summed E-state index contributed by atoms with van der Waals surface area (Å²) in [6.45, 7) is 7.20. The third-order valence-electron chi connectivity index (χ3n) is 6.22. The summed E-state index contributed by atoms with van der Waals surface area (Å²) >= 11 is 1.54. The van der Waals surface area contributed by atoms with Crippen molar-refractivity contribution in [1.82, 2.24) is 15.1 Å². The highest BCUT2D eigenvalue weighted by atomic mass is 32.2. The highest BCUT2D eigenvalue weighted by molar-refractivity contribution is 8.03. The minimum absolute atomic E-state index is 0.00610. The van der Waals surface area contributed by atoms with Gasteiger partial charge in [0.05, 0.1) is 0 Å². The second-order valence-electron chi connectivity index (χ2n) is 8.77. The molecule has 1 aromatic rings. The Labute approximate surface area is 188 Å². The van der Waals surface area contributed by atoms with E-state index in [-0.39, 0.29) is 35.3 Å². The van der Waals surface area contributed by atoms with E-state index in [1.54, 1.807) is 11.8 Å². The quantitative estimate of drug-likeness (QED) is 0.752. The molecule has 8 heteroatoms. The van der Waals surface area contributed by atoms with Crippen LogP contribution in [-0.2, 0) is 9.59 Å². The van der Waals surface area contributed by atoms with E-state index in [4.69, 9.17) is 9.47 Å². The van der Waals surface area contributed by atoms with Crippen LogP contribution in [0.1, 0.15) is 33.6 Å². The van der Waals surface area contributed by atoms with Crippen molar-refractivity contribution in [2.45, 2.75) is 57.2 Å². The number of fused-ring (bicyclic) bond motifs is 1. The summed E-state index contributed by atoms with van der Waals surface area (Å²) in [4.78, 5) is 30.0. The molecule has 1 fully saturated rings. The van der Waals surface area contributed by atoms with Crippen molar-refractivity contribution in [2.24, 2.45) is 5.92 Å². The number of nitrogens with zero attached hydrogens (tertiary/aromatic N) is 2. The van der Waals surface area contributed by atoms with Crippen LogP contribution < -0.4 is 14.8 Å². The highest BCUT2D eigenvalue weighted by Crippen LogP contribution is 2.38. The largest absolute Gasteiger partial charge is 0.486 e. The Morgan fingerprint density at radius 1 is 1.23 bits per heavy atom. The predicted molar refractivity (Wildman–Crippen MR) is 121 cm³/mol. The minimum atomic E-state index is -0.535. The summed E-state index contributed by atoms with van der Waals surface area (Å²) in [6, 6.07) is 7.30. The van der Waals surface area contributed by atoms with Crippen LogP contribution in [0, 0.1) is 5.92 Å². The standard InChI is InChI=1S/C23H31N3O4S/c1-14(2)20(22(28)26-11-7-8-15(26)3)24-21(27)16-13-31-23(25(16)4)19-12-29-17-9-5-6-10-18(17)30-19/h5-6,9-10,13-15,19-20,23H,7-8,11-12H2,1-4H3,(H,24,27). The number of hydrogen-bond acceptors (Lipinski definition) is 6. The summed E-state index contributed by atoms with van der Waals surface area (Å²) in [5, 5.41) is 4.77. The maximum atomic E-state index is 13.1. The van der Waals surface area contributed by atoms with Gasteiger partial charge in [-0.25, -0.2) is 0 Å². The first-order valence-corrected chi connectivity index (χ1v) is 11.9. The van der Waals surface area contributed by atoms with E-state index < -0.39 is 6.04 Å². The molecule has 0 spiro atoms. The fourth-order valence-electron chi connectivity index (χ4n) is 4.34. The van der Waals surface area contributed by atoms with Gasteiger partial charge in [0.15, 0.2) is 17.6 Å². The van der Waals surface area contributed by atoms with Crippen molar-refractivity contribution < 1.29 is 19.1 Å². The van der Waals surface area contributed by atoms with Gasteiger partial charge in [0, 0.05) is 25.0 Å². The Balaban J connectivity index is 1.40.